The Balaban J connectivity index is 2.59. The minimum atomic E-state index is 1.41. The van der Waals surface area contributed by atoms with Crippen molar-refractivity contribution in [1.29, 1.82) is 0 Å². The van der Waals surface area contributed by atoms with Gasteiger partial charge in [-0.25, -0.2) is 0 Å². The summed E-state index contributed by atoms with van der Waals surface area (Å²) in [6, 6.07) is 4.54. The summed E-state index contributed by atoms with van der Waals surface area (Å²) in [5, 5.41) is 0. The van der Waals surface area contributed by atoms with Gasteiger partial charge in [0.05, 0.1) is 0 Å². The third kappa shape index (κ3) is 1.73. The molecule has 6 heteroatoms. The smallest absolute Gasteiger partial charge is 0.151 e. The molecule has 0 aliphatic rings. The topological polar surface area (TPSA) is 0 Å². The number of rotatable bonds is 1. The third-order valence-electron chi connectivity index (χ3n) is 2.29. The van der Waals surface area contributed by atoms with E-state index in [9.17, 15) is 0 Å². The van der Waals surface area contributed by atoms with Gasteiger partial charge in [-0.3, -0.25) is 0 Å². The van der Waals surface area contributed by atoms with Crippen LogP contribution < -0.4 is 20.5 Å². The summed E-state index contributed by atoms with van der Waals surface area (Å²) in [4.78, 5) is 2.91. The van der Waals surface area contributed by atoms with Gasteiger partial charge in [-0.05, 0) is 9.55 Å². The quantitative estimate of drug-likeness (QED) is 0.432. The third-order valence-corrected chi connectivity index (χ3v) is 4.76. The first-order valence-corrected chi connectivity index (χ1v) is 6.35. The van der Waals surface area contributed by atoms with Crippen LogP contribution in [0.3, 0.4) is 0 Å². The molecule has 2 rings (SSSR count). The average Bonchev–Trinajstić information content (AvgIpc) is 2.55. The number of hydrogen-bond donors (Lipinski definition) is 0. The SMILES string of the molecule is Bc1cc(B)c(-c2sc(B)cc2B)s1. The fourth-order valence-corrected chi connectivity index (χ4v) is 4.05. The summed E-state index contributed by atoms with van der Waals surface area (Å²) in [5.74, 6) is 0. The Labute approximate surface area is 96.4 Å². The molecule has 0 bridgehead atoms. The molecule has 2 heterocycles. The standard InChI is InChI=1S/C8H10B4S2/c9-3-1-5(11)13-7(3)8-4(10)2-6(12)14-8/h1-2H,9-12H2. The fourth-order valence-electron chi connectivity index (χ4n) is 1.73. The lowest BCUT2D eigenvalue weighted by molar-refractivity contribution is 2.10. The van der Waals surface area contributed by atoms with Gasteiger partial charge in [0.15, 0.2) is 15.7 Å². The normalized spacial score (nSPS) is 10.6. The molecule has 0 radical (unpaired) electrons. The van der Waals surface area contributed by atoms with Crippen LogP contribution in [-0.2, 0) is 0 Å². The van der Waals surface area contributed by atoms with Gasteiger partial charge in [-0.15, -0.1) is 0 Å². The van der Waals surface area contributed by atoms with E-state index in [-0.39, 0.29) is 0 Å². The van der Waals surface area contributed by atoms with Crippen LogP contribution in [0.4, 0.5) is 0 Å². The zero-order valence-electron chi connectivity index (χ0n) is 8.97. The maximum absolute atomic E-state index is 2.27. The van der Waals surface area contributed by atoms with E-state index in [1.54, 1.807) is 0 Å². The van der Waals surface area contributed by atoms with Crippen LogP contribution in [0.2, 0.25) is 0 Å². The lowest BCUT2D eigenvalue weighted by atomic mass is 9.89. The molecule has 66 valence electrons. The lowest BCUT2D eigenvalue weighted by Gasteiger charge is -1.97. The highest BCUT2D eigenvalue weighted by molar-refractivity contribution is 7.30. The Morgan fingerprint density at radius 3 is 1.29 bits per heavy atom. The maximum atomic E-state index is 2.27. The minimum Gasteiger partial charge on any atom is -0.151 e. The Hall–Kier alpha value is -0.340. The summed E-state index contributed by atoms with van der Waals surface area (Å²) in [6.45, 7) is 0. The molecule has 0 aromatic carbocycles. The van der Waals surface area contributed by atoms with Crippen molar-refractivity contribution in [2.24, 2.45) is 0 Å². The Morgan fingerprint density at radius 2 is 1.07 bits per heavy atom. The summed E-state index contributed by atoms with van der Waals surface area (Å²) < 4.78 is 2.81. The van der Waals surface area contributed by atoms with Crippen LogP contribution in [0.1, 0.15) is 0 Å². The van der Waals surface area contributed by atoms with Crippen molar-refractivity contribution in [3.63, 3.8) is 0 Å². The molecule has 0 spiro atoms. The van der Waals surface area contributed by atoms with E-state index in [1.165, 1.54) is 30.2 Å². The van der Waals surface area contributed by atoms with Crippen molar-refractivity contribution in [2.45, 2.75) is 0 Å². The molecule has 0 amide bonds. The molecular weight excluding hydrogens is 203 g/mol. The molecule has 0 aliphatic heterocycles. The second kappa shape index (κ2) is 3.67. The molecule has 0 atom stereocenters. The highest BCUT2D eigenvalue weighted by atomic mass is 32.1. The number of thiophene rings is 2. The monoisotopic (exact) mass is 214 g/mol. The van der Waals surface area contributed by atoms with Gasteiger partial charge in [0.2, 0.25) is 0 Å². The zero-order valence-corrected chi connectivity index (χ0v) is 10.6. The predicted octanol–water partition coefficient (Wildman–Crippen LogP) is -3.49. The first-order chi connectivity index (χ1) is 6.58. The van der Waals surface area contributed by atoms with Gasteiger partial charge in [-0.1, -0.05) is 23.1 Å². The van der Waals surface area contributed by atoms with Crippen molar-refractivity contribution in [3.8, 4) is 9.75 Å². The van der Waals surface area contributed by atoms with Crippen molar-refractivity contribution >= 4 is 74.5 Å². The summed E-state index contributed by atoms with van der Waals surface area (Å²) >= 11 is 3.81. The molecular formula is C8H10B4S2. The Kier molecular flexibility index (Phi) is 2.67. The Bertz CT molecular complexity index is 427. The molecule has 0 N–H and O–H groups in total. The summed E-state index contributed by atoms with van der Waals surface area (Å²) in [6.07, 6.45) is 0. The van der Waals surface area contributed by atoms with E-state index in [0.717, 1.165) is 0 Å². The second-order valence-corrected chi connectivity index (χ2v) is 6.25. The van der Waals surface area contributed by atoms with Gasteiger partial charge in [0, 0.05) is 9.75 Å². The van der Waals surface area contributed by atoms with E-state index in [0.29, 0.717) is 0 Å². The first-order valence-electron chi connectivity index (χ1n) is 4.72. The van der Waals surface area contributed by atoms with Crippen molar-refractivity contribution in [2.75, 3.05) is 0 Å². The minimum absolute atomic E-state index is 1.41. The van der Waals surface area contributed by atoms with E-state index in [4.69, 9.17) is 0 Å². The maximum Gasteiger partial charge on any atom is 0.152 e. The predicted molar refractivity (Wildman–Crippen MR) is 80.3 cm³/mol. The molecule has 2 aromatic heterocycles. The Morgan fingerprint density at radius 1 is 0.714 bits per heavy atom. The van der Waals surface area contributed by atoms with Gasteiger partial charge >= 0.3 is 0 Å². The highest BCUT2D eigenvalue weighted by Gasteiger charge is 2.10. The summed E-state index contributed by atoms with van der Waals surface area (Å²) in [5.41, 5.74) is 2.83. The molecule has 0 saturated heterocycles. The molecule has 0 aliphatic carbocycles. The largest absolute Gasteiger partial charge is 0.152 e. The van der Waals surface area contributed by atoms with Crippen LogP contribution >= 0.6 is 22.7 Å². The fraction of sp³-hybridized carbons (Fsp3) is 0. The zero-order chi connectivity index (χ0) is 10.3. The van der Waals surface area contributed by atoms with E-state index >= 15 is 0 Å². The van der Waals surface area contributed by atoms with E-state index in [1.807, 2.05) is 22.7 Å². The van der Waals surface area contributed by atoms with E-state index in [2.05, 4.69) is 43.5 Å². The van der Waals surface area contributed by atoms with Gasteiger partial charge < -0.3 is 0 Å². The summed E-state index contributed by atoms with van der Waals surface area (Å²) in [7, 11) is 8.76. The number of hydrogen-bond acceptors (Lipinski definition) is 2. The van der Waals surface area contributed by atoms with Crippen LogP contribution in [0.25, 0.3) is 9.75 Å². The van der Waals surface area contributed by atoms with Crippen LogP contribution in [0.5, 0.6) is 0 Å². The molecule has 0 unspecified atom stereocenters. The van der Waals surface area contributed by atoms with E-state index < -0.39 is 0 Å². The van der Waals surface area contributed by atoms with Crippen LogP contribution in [0.15, 0.2) is 12.1 Å². The molecule has 2 aromatic rings. The lowest BCUT2D eigenvalue weighted by Crippen LogP contribution is -2.08. The van der Waals surface area contributed by atoms with Gasteiger partial charge in [0.1, 0.15) is 15.7 Å². The molecule has 0 fully saturated rings. The molecule has 0 nitrogen and oxygen atoms in total. The van der Waals surface area contributed by atoms with Crippen molar-refractivity contribution in [3.05, 3.63) is 12.1 Å². The van der Waals surface area contributed by atoms with Gasteiger partial charge in [0.25, 0.3) is 0 Å². The molecule has 14 heavy (non-hydrogen) atoms. The first kappa shape index (κ1) is 10.2. The highest BCUT2D eigenvalue weighted by Crippen LogP contribution is 2.22. The van der Waals surface area contributed by atoms with Crippen molar-refractivity contribution < 1.29 is 0 Å². The van der Waals surface area contributed by atoms with Crippen LogP contribution in [-0.4, -0.2) is 31.4 Å². The van der Waals surface area contributed by atoms with Gasteiger partial charge in [-0.2, -0.15) is 22.7 Å². The van der Waals surface area contributed by atoms with Crippen molar-refractivity contribution in [1.82, 2.24) is 0 Å². The molecule has 0 saturated carbocycles. The van der Waals surface area contributed by atoms with Crippen LogP contribution in [0, 0.1) is 0 Å². The second-order valence-electron chi connectivity index (χ2n) is 3.74. The average molecular weight is 214 g/mol.